The minimum atomic E-state index is -2.04. The Balaban J connectivity index is 6.16. The molecule has 0 radical (unpaired) electrons. The van der Waals surface area contributed by atoms with E-state index in [4.69, 9.17) is 8.85 Å². The molecule has 6 heteroatoms. The Morgan fingerprint density at radius 2 is 1.47 bits per heavy atom. The van der Waals surface area contributed by atoms with Gasteiger partial charge in [0.2, 0.25) is 5.91 Å². The van der Waals surface area contributed by atoms with Crippen molar-refractivity contribution in [1.29, 1.82) is 0 Å². The molecule has 0 saturated heterocycles. The van der Waals surface area contributed by atoms with Crippen LogP contribution >= 0.6 is 0 Å². The lowest BCUT2D eigenvalue weighted by Crippen LogP contribution is -2.56. The van der Waals surface area contributed by atoms with Crippen molar-refractivity contribution in [2.24, 2.45) is 11.8 Å². The molecule has 0 saturated carbocycles. The van der Waals surface area contributed by atoms with Gasteiger partial charge >= 0.3 is 0 Å². The third-order valence-electron chi connectivity index (χ3n) is 7.41. The normalized spacial score (nSPS) is 18.3. The van der Waals surface area contributed by atoms with Gasteiger partial charge in [-0.25, -0.2) is 0 Å². The highest BCUT2D eigenvalue weighted by molar-refractivity contribution is 6.74. The second kappa shape index (κ2) is 12.0. The molecular weight excluding hydrogens is 406 g/mol. The van der Waals surface area contributed by atoms with Crippen LogP contribution < -0.4 is 5.32 Å². The third-order valence-corrected chi connectivity index (χ3v) is 16.5. The van der Waals surface area contributed by atoms with E-state index in [-0.39, 0.29) is 41.0 Å². The number of hydrogen-bond donors (Lipinski definition) is 1. The lowest BCUT2D eigenvalue weighted by molar-refractivity contribution is -0.120. The maximum atomic E-state index is 11.9. The molecule has 0 fully saturated rings. The summed E-state index contributed by atoms with van der Waals surface area (Å²) < 4.78 is 14.0. The summed E-state index contributed by atoms with van der Waals surface area (Å²) in [4.78, 5) is 11.9. The van der Waals surface area contributed by atoms with Crippen LogP contribution in [0.3, 0.4) is 0 Å². The fraction of sp³-hybridized carbons (Fsp3) is 0.875. The van der Waals surface area contributed by atoms with Gasteiger partial charge in [0.15, 0.2) is 16.6 Å². The molecular formula is C24H51NO3Si2. The van der Waals surface area contributed by atoms with Gasteiger partial charge in [0.05, 0.1) is 18.2 Å². The quantitative estimate of drug-likeness (QED) is 0.246. The fourth-order valence-electron chi connectivity index (χ4n) is 3.89. The first-order chi connectivity index (χ1) is 13.6. The summed E-state index contributed by atoms with van der Waals surface area (Å²) in [6.07, 6.45) is 1.92. The van der Waals surface area contributed by atoms with Crippen LogP contribution in [0.25, 0.3) is 0 Å². The highest BCUT2D eigenvalue weighted by Crippen LogP contribution is 2.40. The Kier molecular flexibility index (Phi) is 11.8. The molecule has 178 valence electrons. The second-order valence-corrected chi connectivity index (χ2v) is 20.1. The summed E-state index contributed by atoms with van der Waals surface area (Å²) in [7, 11) is -3.85. The van der Waals surface area contributed by atoms with E-state index in [2.05, 4.69) is 87.3 Å². The van der Waals surface area contributed by atoms with Crippen molar-refractivity contribution in [3.63, 3.8) is 0 Å². The first kappa shape index (κ1) is 29.6. The molecule has 1 amide bonds. The number of carbonyl (C=O) groups is 1. The Morgan fingerprint density at radius 3 is 1.80 bits per heavy atom. The monoisotopic (exact) mass is 457 g/mol. The van der Waals surface area contributed by atoms with E-state index >= 15 is 0 Å². The summed E-state index contributed by atoms with van der Waals surface area (Å²) in [6, 6.07) is 3.25. The first-order valence-corrected chi connectivity index (χ1v) is 17.3. The third kappa shape index (κ3) is 7.92. The molecule has 0 heterocycles. The molecule has 0 spiro atoms. The number of rotatable bonds is 13. The van der Waals surface area contributed by atoms with Crippen LogP contribution in [-0.2, 0) is 13.6 Å². The zero-order valence-electron chi connectivity index (χ0n) is 22.0. The molecule has 0 aliphatic carbocycles. The molecule has 0 aliphatic heterocycles. The van der Waals surface area contributed by atoms with Gasteiger partial charge in [-0.2, -0.15) is 0 Å². The number of amides is 1. The summed E-state index contributed by atoms with van der Waals surface area (Å²) in [5.74, 6) is 0.323. The van der Waals surface area contributed by atoms with Gasteiger partial charge < -0.3 is 14.2 Å². The Morgan fingerprint density at radius 1 is 1.00 bits per heavy atom. The van der Waals surface area contributed by atoms with E-state index < -0.39 is 16.6 Å². The van der Waals surface area contributed by atoms with Crippen molar-refractivity contribution in [3.8, 4) is 0 Å². The molecule has 5 atom stereocenters. The van der Waals surface area contributed by atoms with E-state index in [1.54, 1.807) is 6.92 Å². The van der Waals surface area contributed by atoms with Gasteiger partial charge in [-0.05, 0) is 49.1 Å². The second-order valence-electron chi connectivity index (χ2n) is 10.6. The van der Waals surface area contributed by atoms with Crippen LogP contribution in [0.5, 0.6) is 0 Å². The molecule has 0 aromatic carbocycles. The SMILES string of the molecule is C=C[C@@H](C)[C@@H](O[Si](CC)(CC)CC)[C@H](C)[C@H](O[Si](C)(C)C(C)(C)C)[C@@H](C)NC(C)=O. The molecule has 0 bridgehead atoms. The summed E-state index contributed by atoms with van der Waals surface area (Å²) in [5.41, 5.74) is 0. The van der Waals surface area contributed by atoms with E-state index in [1.807, 2.05) is 6.08 Å². The average molecular weight is 458 g/mol. The predicted octanol–water partition coefficient (Wildman–Crippen LogP) is 6.75. The number of nitrogens with one attached hydrogen (secondary N) is 1. The molecule has 30 heavy (non-hydrogen) atoms. The van der Waals surface area contributed by atoms with E-state index in [0.717, 1.165) is 18.1 Å². The molecule has 0 rings (SSSR count). The highest BCUT2D eigenvalue weighted by atomic mass is 28.4. The van der Waals surface area contributed by atoms with Crippen molar-refractivity contribution in [3.05, 3.63) is 12.7 Å². The van der Waals surface area contributed by atoms with Crippen LogP contribution in [0.15, 0.2) is 12.7 Å². The van der Waals surface area contributed by atoms with Crippen LogP contribution in [0, 0.1) is 11.8 Å². The first-order valence-electron chi connectivity index (χ1n) is 11.9. The maximum Gasteiger partial charge on any atom is 0.217 e. The van der Waals surface area contributed by atoms with Gasteiger partial charge in [-0.1, -0.05) is 61.5 Å². The van der Waals surface area contributed by atoms with Crippen molar-refractivity contribution in [1.82, 2.24) is 5.32 Å². The summed E-state index contributed by atoms with van der Waals surface area (Å²) >= 11 is 0. The van der Waals surface area contributed by atoms with Crippen LogP contribution in [0.2, 0.25) is 36.3 Å². The van der Waals surface area contributed by atoms with Crippen LogP contribution in [0.4, 0.5) is 0 Å². The largest absolute Gasteiger partial charge is 0.413 e. The summed E-state index contributed by atoms with van der Waals surface area (Å²) in [5, 5.41) is 3.20. The van der Waals surface area contributed by atoms with Crippen molar-refractivity contribution < 1.29 is 13.6 Å². The molecule has 4 nitrogen and oxygen atoms in total. The number of carbonyl (C=O) groups excluding carboxylic acids is 1. The van der Waals surface area contributed by atoms with E-state index in [9.17, 15) is 4.79 Å². The zero-order chi connectivity index (χ0) is 23.9. The molecule has 0 aromatic heterocycles. The average Bonchev–Trinajstić information content (AvgIpc) is 2.65. The minimum Gasteiger partial charge on any atom is -0.413 e. The lowest BCUT2D eigenvalue weighted by Gasteiger charge is -2.46. The molecule has 0 unspecified atom stereocenters. The van der Waals surface area contributed by atoms with E-state index in [1.165, 1.54) is 0 Å². The predicted molar refractivity (Wildman–Crippen MR) is 136 cm³/mol. The smallest absolute Gasteiger partial charge is 0.217 e. The molecule has 0 aromatic rings. The standard InChI is InChI=1S/C24H51NO3Si2/c1-14-18(5)22(28-30(15-2,16-3)17-4)19(6)23(20(7)25-21(8)26)27-29(12,13)24(9,10)11/h14,18-20,22-23H,1,15-17H2,2-13H3,(H,25,26)/t18-,19+,20-,22-,23+/m1/s1. The highest BCUT2D eigenvalue weighted by Gasteiger charge is 2.45. The van der Waals surface area contributed by atoms with Gasteiger partial charge in [-0.15, -0.1) is 6.58 Å². The van der Waals surface area contributed by atoms with Gasteiger partial charge in [0.1, 0.15) is 0 Å². The van der Waals surface area contributed by atoms with Gasteiger partial charge in [-0.3, -0.25) is 4.79 Å². The van der Waals surface area contributed by atoms with Crippen molar-refractivity contribution in [2.45, 2.75) is 124 Å². The molecule has 0 aliphatic rings. The lowest BCUT2D eigenvalue weighted by atomic mass is 9.86. The summed E-state index contributed by atoms with van der Waals surface area (Å²) in [6.45, 7) is 30.3. The van der Waals surface area contributed by atoms with Gasteiger partial charge in [0.25, 0.3) is 0 Å². The topological polar surface area (TPSA) is 47.6 Å². The maximum absolute atomic E-state index is 11.9. The zero-order valence-corrected chi connectivity index (χ0v) is 24.0. The fourth-order valence-corrected chi connectivity index (χ4v) is 8.35. The van der Waals surface area contributed by atoms with Crippen LogP contribution in [0.1, 0.15) is 69.2 Å². The van der Waals surface area contributed by atoms with E-state index in [0.29, 0.717) is 0 Å². The minimum absolute atomic E-state index is 0.0211. The van der Waals surface area contributed by atoms with Crippen LogP contribution in [-0.4, -0.2) is 40.8 Å². The van der Waals surface area contributed by atoms with Crippen molar-refractivity contribution >= 4 is 22.5 Å². The van der Waals surface area contributed by atoms with Gasteiger partial charge in [0, 0.05) is 12.8 Å². The Bertz CT molecular complexity index is 533. The Hall–Kier alpha value is -0.436. The van der Waals surface area contributed by atoms with Crippen molar-refractivity contribution in [2.75, 3.05) is 0 Å². The Labute approximate surface area is 189 Å². The molecule has 1 N–H and O–H groups in total. The number of hydrogen-bond acceptors (Lipinski definition) is 3.